The molecule has 3 rings (SSSR count). The van der Waals surface area contributed by atoms with Crippen LogP contribution in [-0.2, 0) is 14.8 Å². The van der Waals surface area contributed by atoms with Gasteiger partial charge in [-0.15, -0.1) is 0 Å². The molecule has 0 spiro atoms. The van der Waals surface area contributed by atoms with E-state index in [2.05, 4.69) is 25.6 Å². The second-order valence-corrected chi connectivity index (χ2v) is 7.69. The average molecular weight is 397 g/mol. The fraction of sp³-hybridized carbons (Fsp3) is 0.250. The molecule has 1 N–H and O–H groups in total. The minimum absolute atomic E-state index is 0.220. The summed E-state index contributed by atoms with van der Waals surface area (Å²) >= 11 is 3.27. The van der Waals surface area contributed by atoms with Gasteiger partial charge in [-0.3, -0.25) is 4.72 Å². The highest BCUT2D eigenvalue weighted by atomic mass is 79.9. The fourth-order valence-corrected chi connectivity index (χ4v) is 4.50. The third-order valence-electron chi connectivity index (χ3n) is 3.62. The predicted molar refractivity (Wildman–Crippen MR) is 94.4 cm³/mol. The lowest BCUT2D eigenvalue weighted by Gasteiger charge is -2.28. The molecular weight excluding hydrogens is 380 g/mol. The zero-order valence-corrected chi connectivity index (χ0v) is 14.8. The first-order chi connectivity index (χ1) is 11.1. The number of ether oxygens (including phenoxy) is 1. The van der Waals surface area contributed by atoms with E-state index in [1.807, 2.05) is 12.1 Å². The van der Waals surface area contributed by atoms with Crippen molar-refractivity contribution in [3.05, 3.63) is 53.0 Å². The van der Waals surface area contributed by atoms with Crippen LogP contribution in [0.2, 0.25) is 0 Å². The highest BCUT2D eigenvalue weighted by molar-refractivity contribution is 9.10. The molecule has 122 valence electrons. The third kappa shape index (κ3) is 3.85. The molecule has 1 aliphatic heterocycles. The summed E-state index contributed by atoms with van der Waals surface area (Å²) in [7, 11) is -3.61. The van der Waals surface area contributed by atoms with Crippen LogP contribution in [0.5, 0.6) is 0 Å². The van der Waals surface area contributed by atoms with Crippen molar-refractivity contribution in [1.29, 1.82) is 0 Å². The first kappa shape index (κ1) is 16.3. The van der Waals surface area contributed by atoms with E-state index < -0.39 is 10.0 Å². The van der Waals surface area contributed by atoms with Gasteiger partial charge in [-0.05, 0) is 52.3 Å². The standard InChI is InChI=1S/C16H17BrN2O3S/c17-15-3-1-2-4-16(15)23(20,21)18-13-5-7-14(8-6-13)19-9-11-22-12-10-19/h1-8,18H,9-12H2. The van der Waals surface area contributed by atoms with Crippen molar-refractivity contribution in [3.8, 4) is 0 Å². The lowest BCUT2D eigenvalue weighted by atomic mass is 10.2. The van der Waals surface area contributed by atoms with Gasteiger partial charge in [0.05, 0.1) is 13.2 Å². The summed E-state index contributed by atoms with van der Waals surface area (Å²) in [6, 6.07) is 14.1. The smallest absolute Gasteiger partial charge is 0.263 e. The molecule has 23 heavy (non-hydrogen) atoms. The highest BCUT2D eigenvalue weighted by Gasteiger charge is 2.17. The number of rotatable bonds is 4. The Morgan fingerprint density at radius 1 is 1.00 bits per heavy atom. The van der Waals surface area contributed by atoms with Gasteiger partial charge in [-0.2, -0.15) is 0 Å². The van der Waals surface area contributed by atoms with Crippen molar-refractivity contribution in [2.75, 3.05) is 35.9 Å². The van der Waals surface area contributed by atoms with E-state index in [1.54, 1.807) is 36.4 Å². The van der Waals surface area contributed by atoms with E-state index in [0.717, 1.165) is 32.0 Å². The number of benzene rings is 2. The fourth-order valence-electron chi connectivity index (χ4n) is 2.43. The van der Waals surface area contributed by atoms with Crippen molar-refractivity contribution in [3.63, 3.8) is 0 Å². The van der Waals surface area contributed by atoms with E-state index in [4.69, 9.17) is 4.74 Å². The van der Waals surface area contributed by atoms with Crippen LogP contribution in [0, 0.1) is 0 Å². The van der Waals surface area contributed by atoms with Crippen LogP contribution in [0.15, 0.2) is 57.9 Å². The number of halogens is 1. The second kappa shape index (κ2) is 6.90. The van der Waals surface area contributed by atoms with Crippen molar-refractivity contribution in [2.24, 2.45) is 0 Å². The number of hydrogen-bond acceptors (Lipinski definition) is 4. The van der Waals surface area contributed by atoms with E-state index >= 15 is 0 Å². The molecule has 7 heteroatoms. The minimum atomic E-state index is -3.61. The topological polar surface area (TPSA) is 58.6 Å². The Hall–Kier alpha value is -1.57. The van der Waals surface area contributed by atoms with Crippen LogP contribution in [0.25, 0.3) is 0 Å². The first-order valence-corrected chi connectivity index (χ1v) is 9.54. The Kier molecular flexibility index (Phi) is 4.89. The maximum atomic E-state index is 12.4. The number of morpholine rings is 1. The summed E-state index contributed by atoms with van der Waals surface area (Å²) in [5.74, 6) is 0. The number of nitrogens with one attached hydrogen (secondary N) is 1. The predicted octanol–water partition coefficient (Wildman–Crippen LogP) is 3.09. The summed E-state index contributed by atoms with van der Waals surface area (Å²) in [6.45, 7) is 3.14. The van der Waals surface area contributed by atoms with Gasteiger partial charge >= 0.3 is 0 Å². The van der Waals surface area contributed by atoms with Crippen LogP contribution in [0.1, 0.15) is 0 Å². The van der Waals surface area contributed by atoms with Crippen molar-refractivity contribution < 1.29 is 13.2 Å². The molecule has 2 aromatic rings. The lowest BCUT2D eigenvalue weighted by molar-refractivity contribution is 0.122. The number of nitrogens with zero attached hydrogens (tertiary/aromatic N) is 1. The van der Waals surface area contributed by atoms with Gasteiger partial charge in [0.1, 0.15) is 4.90 Å². The molecule has 1 heterocycles. The summed E-state index contributed by atoms with van der Waals surface area (Å²) in [4.78, 5) is 2.44. The molecule has 2 aromatic carbocycles. The second-order valence-electron chi connectivity index (χ2n) is 5.18. The zero-order valence-electron chi connectivity index (χ0n) is 12.4. The van der Waals surface area contributed by atoms with Crippen LogP contribution >= 0.6 is 15.9 Å². The Morgan fingerprint density at radius 3 is 2.30 bits per heavy atom. The molecule has 0 saturated carbocycles. The van der Waals surface area contributed by atoms with Crippen molar-refractivity contribution >= 4 is 37.3 Å². The SMILES string of the molecule is O=S(=O)(Nc1ccc(N2CCOCC2)cc1)c1ccccc1Br. The Balaban J connectivity index is 1.76. The van der Waals surface area contributed by atoms with Gasteiger partial charge in [0.15, 0.2) is 0 Å². The van der Waals surface area contributed by atoms with Gasteiger partial charge in [0.25, 0.3) is 10.0 Å². The molecule has 0 amide bonds. The first-order valence-electron chi connectivity index (χ1n) is 7.26. The largest absolute Gasteiger partial charge is 0.378 e. The Labute approximate surface area is 144 Å². The lowest BCUT2D eigenvalue weighted by Crippen LogP contribution is -2.36. The van der Waals surface area contributed by atoms with Crippen molar-refractivity contribution in [2.45, 2.75) is 4.90 Å². The third-order valence-corrected chi connectivity index (χ3v) is 6.02. The van der Waals surface area contributed by atoms with Crippen LogP contribution < -0.4 is 9.62 Å². The molecule has 1 saturated heterocycles. The summed E-state index contributed by atoms with van der Waals surface area (Å²) < 4.78 is 33.4. The Bertz CT molecular complexity index is 772. The molecule has 1 aliphatic rings. The maximum Gasteiger partial charge on any atom is 0.263 e. The quantitative estimate of drug-likeness (QED) is 0.862. The summed E-state index contributed by atoms with van der Waals surface area (Å²) in [6.07, 6.45) is 0. The maximum absolute atomic E-state index is 12.4. The van der Waals surface area contributed by atoms with E-state index in [-0.39, 0.29) is 4.90 Å². The minimum Gasteiger partial charge on any atom is -0.378 e. The van der Waals surface area contributed by atoms with Crippen LogP contribution in [-0.4, -0.2) is 34.7 Å². The van der Waals surface area contributed by atoms with Crippen LogP contribution in [0.3, 0.4) is 0 Å². The molecule has 5 nitrogen and oxygen atoms in total. The van der Waals surface area contributed by atoms with Crippen molar-refractivity contribution in [1.82, 2.24) is 0 Å². The highest BCUT2D eigenvalue weighted by Crippen LogP contribution is 2.25. The molecule has 0 aromatic heterocycles. The average Bonchev–Trinajstić information content (AvgIpc) is 2.56. The Morgan fingerprint density at radius 2 is 1.65 bits per heavy atom. The molecule has 0 aliphatic carbocycles. The van der Waals surface area contributed by atoms with Crippen LogP contribution in [0.4, 0.5) is 11.4 Å². The van der Waals surface area contributed by atoms with E-state index in [9.17, 15) is 8.42 Å². The van der Waals surface area contributed by atoms with E-state index in [1.165, 1.54) is 0 Å². The molecular formula is C16H17BrN2O3S. The van der Waals surface area contributed by atoms with Gasteiger partial charge < -0.3 is 9.64 Å². The van der Waals surface area contributed by atoms with Gasteiger partial charge in [-0.1, -0.05) is 12.1 Å². The van der Waals surface area contributed by atoms with Gasteiger partial charge in [0.2, 0.25) is 0 Å². The molecule has 0 radical (unpaired) electrons. The summed E-state index contributed by atoms with van der Waals surface area (Å²) in [5.41, 5.74) is 1.61. The van der Waals surface area contributed by atoms with E-state index in [0.29, 0.717) is 10.2 Å². The number of anilines is 2. The molecule has 0 bridgehead atoms. The van der Waals surface area contributed by atoms with Gasteiger partial charge in [-0.25, -0.2) is 8.42 Å². The normalized spacial score (nSPS) is 15.4. The zero-order chi connectivity index (χ0) is 16.3. The number of hydrogen-bond donors (Lipinski definition) is 1. The number of sulfonamides is 1. The monoisotopic (exact) mass is 396 g/mol. The molecule has 0 unspecified atom stereocenters. The summed E-state index contributed by atoms with van der Waals surface area (Å²) in [5, 5.41) is 0. The van der Waals surface area contributed by atoms with Gasteiger partial charge in [0, 0.05) is 28.9 Å². The molecule has 1 fully saturated rings. The molecule has 0 atom stereocenters.